The molecule has 0 spiro atoms. The first-order valence-electron chi connectivity index (χ1n) is 7.81. The third kappa shape index (κ3) is 2.71. The smallest absolute Gasteiger partial charge is 0.254 e. The molecular formula is C20H19NO4. The van der Waals surface area contributed by atoms with Gasteiger partial charge in [0.1, 0.15) is 0 Å². The molecule has 25 heavy (non-hydrogen) atoms. The molecule has 5 heteroatoms. The first kappa shape index (κ1) is 16.9. The van der Waals surface area contributed by atoms with E-state index in [9.17, 15) is 9.90 Å². The lowest BCUT2D eigenvalue weighted by Gasteiger charge is -2.32. The number of rotatable bonds is 4. The van der Waals surface area contributed by atoms with Crippen LogP contribution in [-0.2, 0) is 14.3 Å². The van der Waals surface area contributed by atoms with Gasteiger partial charge in [0.05, 0.1) is 20.8 Å². The number of ether oxygens (including phenoxy) is 2. The van der Waals surface area contributed by atoms with Gasteiger partial charge in [-0.2, -0.15) is 0 Å². The van der Waals surface area contributed by atoms with E-state index in [1.54, 1.807) is 0 Å². The Morgan fingerprint density at radius 3 is 2.56 bits per heavy atom. The van der Waals surface area contributed by atoms with Crippen LogP contribution in [0, 0.1) is 11.8 Å². The lowest BCUT2D eigenvalue weighted by atomic mass is 9.83. The summed E-state index contributed by atoms with van der Waals surface area (Å²) in [6.07, 6.45) is 0. The van der Waals surface area contributed by atoms with E-state index in [0.717, 1.165) is 16.5 Å². The number of ketones is 1. The minimum atomic E-state index is -1.92. The molecule has 1 N–H and O–H groups in total. The number of carbonyl (C=O) groups is 1. The average Bonchev–Trinajstić information content (AvgIpc) is 2.64. The van der Waals surface area contributed by atoms with Crippen LogP contribution in [0.3, 0.4) is 0 Å². The van der Waals surface area contributed by atoms with Gasteiger partial charge in [-0.3, -0.25) is 4.79 Å². The molecule has 0 saturated carbocycles. The fourth-order valence-electron chi connectivity index (χ4n) is 2.92. The zero-order valence-electron chi connectivity index (χ0n) is 14.4. The first-order chi connectivity index (χ1) is 12.0. The number of hydrogen-bond donors (Lipinski definition) is 1. The summed E-state index contributed by atoms with van der Waals surface area (Å²) in [6.45, 7) is 0.350. The van der Waals surface area contributed by atoms with Crippen molar-refractivity contribution in [2.75, 3.05) is 32.7 Å². The molecule has 0 aromatic heterocycles. The van der Waals surface area contributed by atoms with Crippen molar-refractivity contribution in [3.63, 3.8) is 0 Å². The highest BCUT2D eigenvalue weighted by Gasteiger charge is 2.55. The zero-order chi connectivity index (χ0) is 18.0. The third-order valence-corrected chi connectivity index (χ3v) is 4.24. The van der Waals surface area contributed by atoms with Crippen molar-refractivity contribution < 1.29 is 19.4 Å². The minimum Gasteiger partial charge on any atom is -0.493 e. The maximum Gasteiger partial charge on any atom is 0.254 e. The number of fused-ring (bicyclic) bond motifs is 1. The maximum absolute atomic E-state index is 12.0. The van der Waals surface area contributed by atoms with Gasteiger partial charge in [-0.15, -0.1) is 0 Å². The van der Waals surface area contributed by atoms with Gasteiger partial charge in [0.2, 0.25) is 5.76 Å². The normalized spacial score (nSPS) is 19.1. The number of carbonyl (C=O) groups excluding carboxylic acids is 1. The van der Waals surface area contributed by atoms with Crippen LogP contribution in [0.15, 0.2) is 54.0 Å². The minimum absolute atomic E-state index is 0.0155. The quantitative estimate of drug-likeness (QED) is 0.866. The van der Waals surface area contributed by atoms with Crippen molar-refractivity contribution in [1.82, 2.24) is 0 Å². The summed E-state index contributed by atoms with van der Waals surface area (Å²) in [4.78, 5) is 13.9. The van der Waals surface area contributed by atoms with Gasteiger partial charge in [-0.1, -0.05) is 42.3 Å². The Labute approximate surface area is 146 Å². The predicted molar refractivity (Wildman–Crippen MR) is 96.0 cm³/mol. The molecule has 0 heterocycles. The predicted octanol–water partition coefficient (Wildman–Crippen LogP) is 2.10. The van der Waals surface area contributed by atoms with Gasteiger partial charge in [0.25, 0.3) is 11.4 Å². The Morgan fingerprint density at radius 1 is 1.12 bits per heavy atom. The van der Waals surface area contributed by atoms with Crippen LogP contribution in [-0.4, -0.2) is 44.3 Å². The summed E-state index contributed by atoms with van der Waals surface area (Å²) in [6, 6.07) is 14.1. The standard InChI is InChI=1S/C20H19NO4/c1-21(16-11-6-9-14-8-4-5-10-15(14)16)13-7-12-20(23)18(22)17(24-2)19(20)25-3/h4-6,8-11,23H,13H2,1-3H3. The van der Waals surface area contributed by atoms with Crippen molar-refractivity contribution in [2.45, 2.75) is 5.60 Å². The average molecular weight is 337 g/mol. The van der Waals surface area contributed by atoms with Crippen molar-refractivity contribution >= 4 is 22.2 Å². The van der Waals surface area contributed by atoms with E-state index in [1.165, 1.54) is 14.2 Å². The van der Waals surface area contributed by atoms with E-state index < -0.39 is 11.4 Å². The Morgan fingerprint density at radius 2 is 1.84 bits per heavy atom. The number of hydrogen-bond acceptors (Lipinski definition) is 5. The van der Waals surface area contributed by atoms with Gasteiger partial charge in [-0.05, 0) is 17.4 Å². The van der Waals surface area contributed by atoms with Crippen LogP contribution in [0.1, 0.15) is 0 Å². The maximum atomic E-state index is 12.0. The highest BCUT2D eigenvalue weighted by Crippen LogP contribution is 2.35. The summed E-state index contributed by atoms with van der Waals surface area (Å²) in [5.74, 6) is 4.97. The topological polar surface area (TPSA) is 59.0 Å². The Balaban J connectivity index is 1.82. The molecular weight excluding hydrogens is 318 g/mol. The van der Waals surface area contributed by atoms with Crippen molar-refractivity contribution in [3.8, 4) is 11.8 Å². The molecule has 3 rings (SSSR count). The van der Waals surface area contributed by atoms with Gasteiger partial charge in [0, 0.05) is 18.1 Å². The molecule has 1 atom stereocenters. The van der Waals surface area contributed by atoms with E-state index in [0.29, 0.717) is 6.54 Å². The lowest BCUT2D eigenvalue weighted by molar-refractivity contribution is -0.138. The molecule has 1 unspecified atom stereocenters. The summed E-state index contributed by atoms with van der Waals surface area (Å²) in [7, 11) is 4.64. The summed E-state index contributed by atoms with van der Waals surface area (Å²) < 4.78 is 9.95. The molecule has 5 nitrogen and oxygen atoms in total. The number of benzene rings is 2. The summed E-state index contributed by atoms with van der Waals surface area (Å²) in [5.41, 5.74) is -0.890. The SMILES string of the molecule is COC1=C(OC)C(O)(C#CCN(C)c2cccc3ccccc23)C1=O. The lowest BCUT2D eigenvalue weighted by Crippen LogP contribution is -2.51. The summed E-state index contributed by atoms with van der Waals surface area (Å²) in [5, 5.41) is 12.6. The van der Waals surface area contributed by atoms with E-state index in [4.69, 9.17) is 9.47 Å². The molecule has 128 valence electrons. The molecule has 0 amide bonds. The second-order valence-electron chi connectivity index (χ2n) is 5.76. The van der Waals surface area contributed by atoms with Crippen LogP contribution >= 0.6 is 0 Å². The van der Waals surface area contributed by atoms with E-state index in [1.807, 2.05) is 42.3 Å². The molecule has 2 aromatic rings. The van der Waals surface area contributed by atoms with Crippen LogP contribution in [0.2, 0.25) is 0 Å². The molecule has 0 aliphatic heterocycles. The molecule has 1 aliphatic carbocycles. The molecule has 2 aromatic carbocycles. The Hall–Kier alpha value is -2.97. The van der Waals surface area contributed by atoms with Crippen LogP contribution in [0.4, 0.5) is 5.69 Å². The number of aliphatic hydroxyl groups is 1. The van der Waals surface area contributed by atoms with Gasteiger partial charge in [-0.25, -0.2) is 0 Å². The highest BCUT2D eigenvalue weighted by atomic mass is 16.5. The van der Waals surface area contributed by atoms with Crippen LogP contribution in [0.25, 0.3) is 10.8 Å². The van der Waals surface area contributed by atoms with E-state index in [2.05, 4.69) is 24.0 Å². The zero-order valence-corrected chi connectivity index (χ0v) is 14.4. The second-order valence-corrected chi connectivity index (χ2v) is 5.76. The molecule has 0 bridgehead atoms. The van der Waals surface area contributed by atoms with Crippen LogP contribution < -0.4 is 4.90 Å². The Bertz CT molecular complexity index is 917. The Kier molecular flexibility index (Phi) is 4.39. The van der Waals surface area contributed by atoms with Gasteiger partial charge < -0.3 is 19.5 Å². The van der Waals surface area contributed by atoms with E-state index in [-0.39, 0.29) is 11.5 Å². The monoisotopic (exact) mass is 337 g/mol. The molecule has 0 radical (unpaired) electrons. The van der Waals surface area contributed by atoms with Gasteiger partial charge in [0.15, 0.2) is 5.76 Å². The fourth-order valence-corrected chi connectivity index (χ4v) is 2.92. The molecule has 0 saturated heterocycles. The largest absolute Gasteiger partial charge is 0.493 e. The van der Waals surface area contributed by atoms with Crippen molar-refractivity contribution in [2.24, 2.45) is 0 Å². The number of Topliss-reactive ketones (excluding diaryl/α,β-unsaturated/α-hetero) is 1. The van der Waals surface area contributed by atoms with Crippen LogP contribution in [0.5, 0.6) is 0 Å². The third-order valence-electron chi connectivity index (χ3n) is 4.24. The fraction of sp³-hybridized carbons (Fsp3) is 0.250. The number of methoxy groups -OCH3 is 2. The molecule has 1 aliphatic rings. The highest BCUT2D eigenvalue weighted by molar-refractivity contribution is 6.12. The van der Waals surface area contributed by atoms with Gasteiger partial charge >= 0.3 is 0 Å². The number of anilines is 1. The molecule has 0 fully saturated rings. The van der Waals surface area contributed by atoms with Crippen molar-refractivity contribution in [1.29, 1.82) is 0 Å². The number of nitrogens with zero attached hydrogens (tertiary/aromatic N) is 1. The van der Waals surface area contributed by atoms with E-state index >= 15 is 0 Å². The first-order valence-corrected chi connectivity index (χ1v) is 7.81. The summed E-state index contributed by atoms with van der Waals surface area (Å²) >= 11 is 0. The van der Waals surface area contributed by atoms with Crippen molar-refractivity contribution in [3.05, 3.63) is 54.0 Å². The second kappa shape index (κ2) is 6.50.